The van der Waals surface area contributed by atoms with Crippen LogP contribution in [0.1, 0.15) is 23.4 Å². The van der Waals surface area contributed by atoms with E-state index in [-0.39, 0.29) is 17.7 Å². The van der Waals surface area contributed by atoms with E-state index in [1.165, 1.54) is 0 Å². The van der Waals surface area contributed by atoms with E-state index in [0.717, 1.165) is 10.4 Å². The monoisotopic (exact) mass is 261 g/mol. The zero-order valence-corrected chi connectivity index (χ0v) is 10.9. The third-order valence-electron chi connectivity index (χ3n) is 2.69. The van der Waals surface area contributed by atoms with Crippen LogP contribution in [0, 0.1) is 0 Å². The lowest BCUT2D eigenvalue weighted by Crippen LogP contribution is -2.27. The summed E-state index contributed by atoms with van der Waals surface area (Å²) >= 11 is 1.58. The largest absolute Gasteiger partial charge is 0.508 e. The summed E-state index contributed by atoms with van der Waals surface area (Å²) in [6, 6.07) is 10.7. The van der Waals surface area contributed by atoms with Crippen LogP contribution in [0.15, 0.2) is 41.8 Å². The number of phenolic OH excluding ortho intramolecular Hbond substituents is 1. The Kier molecular flexibility index (Phi) is 3.99. The molecule has 1 heterocycles. The highest BCUT2D eigenvalue weighted by atomic mass is 32.1. The molecule has 0 fully saturated rings. The number of amides is 1. The van der Waals surface area contributed by atoms with Crippen molar-refractivity contribution < 1.29 is 9.90 Å². The summed E-state index contributed by atoms with van der Waals surface area (Å²) < 4.78 is 0. The van der Waals surface area contributed by atoms with Crippen LogP contribution in [0.5, 0.6) is 5.75 Å². The molecule has 0 aliphatic carbocycles. The lowest BCUT2D eigenvalue weighted by atomic mass is 10.1. The molecule has 0 saturated carbocycles. The Bertz CT molecular complexity index is 505. The number of rotatable bonds is 4. The van der Waals surface area contributed by atoms with Crippen molar-refractivity contribution in [2.75, 3.05) is 0 Å². The van der Waals surface area contributed by atoms with E-state index in [1.54, 1.807) is 23.5 Å². The molecule has 0 saturated heterocycles. The van der Waals surface area contributed by atoms with Crippen molar-refractivity contribution in [1.82, 2.24) is 5.32 Å². The zero-order valence-electron chi connectivity index (χ0n) is 10.1. The van der Waals surface area contributed by atoms with Crippen molar-refractivity contribution in [1.29, 1.82) is 0 Å². The minimum atomic E-state index is -0.0573. The molecule has 0 radical (unpaired) electrons. The molecular formula is C14H15NO2S. The molecule has 0 spiro atoms. The van der Waals surface area contributed by atoms with Gasteiger partial charge in [-0.1, -0.05) is 18.2 Å². The number of thiophene rings is 1. The van der Waals surface area contributed by atoms with Crippen molar-refractivity contribution >= 4 is 17.2 Å². The van der Waals surface area contributed by atoms with Crippen LogP contribution in [-0.4, -0.2) is 11.0 Å². The number of carbonyl (C=O) groups is 1. The molecule has 2 aromatic rings. The molecule has 2 rings (SSSR count). The summed E-state index contributed by atoms with van der Waals surface area (Å²) in [6.45, 7) is 1.93. The van der Waals surface area contributed by atoms with Gasteiger partial charge in [0.15, 0.2) is 0 Å². The number of carbonyl (C=O) groups excluding carboxylic acids is 1. The molecule has 1 amide bonds. The molecule has 0 bridgehead atoms. The fourth-order valence-electron chi connectivity index (χ4n) is 1.71. The molecule has 4 heteroatoms. The third-order valence-corrected chi connectivity index (χ3v) is 3.56. The summed E-state index contributed by atoms with van der Waals surface area (Å²) in [4.78, 5) is 12.9. The van der Waals surface area contributed by atoms with Crippen molar-refractivity contribution in [3.63, 3.8) is 0 Å². The minimum Gasteiger partial charge on any atom is -0.508 e. The number of aromatic hydroxyl groups is 1. The van der Waals surface area contributed by atoms with Crippen LogP contribution in [-0.2, 0) is 11.2 Å². The average Bonchev–Trinajstić information content (AvgIpc) is 2.82. The zero-order chi connectivity index (χ0) is 13.0. The number of benzene rings is 1. The van der Waals surface area contributed by atoms with E-state index in [0.29, 0.717) is 6.42 Å². The summed E-state index contributed by atoms with van der Waals surface area (Å²) in [6.07, 6.45) is 0.417. The smallest absolute Gasteiger partial charge is 0.225 e. The Labute approximate surface area is 110 Å². The predicted molar refractivity (Wildman–Crippen MR) is 72.7 cm³/mol. The first-order valence-corrected chi connectivity index (χ1v) is 6.64. The van der Waals surface area contributed by atoms with Crippen molar-refractivity contribution in [2.24, 2.45) is 0 Å². The van der Waals surface area contributed by atoms with Gasteiger partial charge in [-0.25, -0.2) is 0 Å². The first kappa shape index (κ1) is 12.6. The van der Waals surface area contributed by atoms with Crippen LogP contribution in [0.25, 0.3) is 0 Å². The Morgan fingerprint density at radius 2 is 2.06 bits per heavy atom. The van der Waals surface area contributed by atoms with Gasteiger partial charge in [0.2, 0.25) is 5.91 Å². The number of phenols is 1. The van der Waals surface area contributed by atoms with E-state index in [1.807, 2.05) is 36.6 Å². The number of hydrogen-bond donors (Lipinski definition) is 2. The highest BCUT2D eigenvalue weighted by Crippen LogP contribution is 2.17. The van der Waals surface area contributed by atoms with Gasteiger partial charge in [0, 0.05) is 4.88 Å². The molecule has 18 heavy (non-hydrogen) atoms. The molecule has 2 N–H and O–H groups in total. The SMILES string of the molecule is CC(NC(=O)Cc1cccs1)c1ccc(O)cc1. The van der Waals surface area contributed by atoms with Crippen molar-refractivity contribution in [2.45, 2.75) is 19.4 Å². The van der Waals surface area contributed by atoms with Crippen LogP contribution >= 0.6 is 11.3 Å². The van der Waals surface area contributed by atoms with E-state index in [4.69, 9.17) is 0 Å². The van der Waals surface area contributed by atoms with Gasteiger partial charge < -0.3 is 10.4 Å². The lowest BCUT2D eigenvalue weighted by Gasteiger charge is -2.14. The Morgan fingerprint density at radius 1 is 1.33 bits per heavy atom. The van der Waals surface area contributed by atoms with Gasteiger partial charge in [0.25, 0.3) is 0 Å². The van der Waals surface area contributed by atoms with Gasteiger partial charge in [-0.05, 0) is 36.1 Å². The highest BCUT2D eigenvalue weighted by Gasteiger charge is 2.10. The third kappa shape index (κ3) is 3.34. The average molecular weight is 261 g/mol. The molecule has 1 unspecified atom stereocenters. The predicted octanol–water partition coefficient (Wildman–Crippen LogP) is 2.87. The van der Waals surface area contributed by atoms with Gasteiger partial charge in [-0.3, -0.25) is 4.79 Å². The first-order chi connectivity index (χ1) is 8.65. The van der Waals surface area contributed by atoms with Gasteiger partial charge in [0.1, 0.15) is 5.75 Å². The van der Waals surface area contributed by atoms with Gasteiger partial charge in [-0.2, -0.15) is 0 Å². The van der Waals surface area contributed by atoms with Crippen LogP contribution < -0.4 is 5.32 Å². The molecule has 1 aromatic heterocycles. The first-order valence-electron chi connectivity index (χ1n) is 5.76. The second-order valence-electron chi connectivity index (χ2n) is 4.14. The van der Waals surface area contributed by atoms with Gasteiger partial charge in [0.05, 0.1) is 12.5 Å². The normalized spacial score (nSPS) is 12.1. The lowest BCUT2D eigenvalue weighted by molar-refractivity contribution is -0.121. The molecule has 1 aromatic carbocycles. The molecular weight excluding hydrogens is 246 g/mol. The van der Waals surface area contributed by atoms with Crippen LogP contribution in [0.3, 0.4) is 0 Å². The van der Waals surface area contributed by atoms with Gasteiger partial charge >= 0.3 is 0 Å². The molecule has 1 atom stereocenters. The summed E-state index contributed by atoms with van der Waals surface area (Å²) in [5.74, 6) is 0.244. The summed E-state index contributed by atoms with van der Waals surface area (Å²) in [7, 11) is 0. The van der Waals surface area contributed by atoms with Crippen molar-refractivity contribution in [3.8, 4) is 5.75 Å². The van der Waals surface area contributed by atoms with Crippen LogP contribution in [0.2, 0.25) is 0 Å². The maximum absolute atomic E-state index is 11.8. The Hall–Kier alpha value is -1.81. The Morgan fingerprint density at radius 3 is 2.67 bits per heavy atom. The maximum Gasteiger partial charge on any atom is 0.225 e. The van der Waals surface area contributed by atoms with E-state index < -0.39 is 0 Å². The Balaban J connectivity index is 1.92. The number of hydrogen-bond acceptors (Lipinski definition) is 3. The molecule has 0 aliphatic rings. The molecule has 3 nitrogen and oxygen atoms in total. The quantitative estimate of drug-likeness (QED) is 0.889. The van der Waals surface area contributed by atoms with Gasteiger partial charge in [-0.15, -0.1) is 11.3 Å². The second kappa shape index (κ2) is 5.69. The topological polar surface area (TPSA) is 49.3 Å². The van der Waals surface area contributed by atoms with E-state index in [2.05, 4.69) is 5.32 Å². The number of nitrogens with one attached hydrogen (secondary N) is 1. The summed E-state index contributed by atoms with van der Waals surface area (Å²) in [5, 5.41) is 14.1. The van der Waals surface area contributed by atoms with Crippen molar-refractivity contribution in [3.05, 3.63) is 52.2 Å². The fourth-order valence-corrected chi connectivity index (χ4v) is 2.41. The van der Waals surface area contributed by atoms with E-state index >= 15 is 0 Å². The molecule has 94 valence electrons. The maximum atomic E-state index is 11.8. The van der Waals surface area contributed by atoms with E-state index in [9.17, 15) is 9.90 Å². The standard InChI is InChI=1S/C14H15NO2S/c1-10(11-4-6-12(16)7-5-11)15-14(17)9-13-3-2-8-18-13/h2-8,10,16H,9H2,1H3,(H,15,17). The fraction of sp³-hybridized carbons (Fsp3) is 0.214. The summed E-state index contributed by atoms with van der Waals surface area (Å²) in [5.41, 5.74) is 0.979. The minimum absolute atomic E-state index is 0.0121. The molecule has 0 aliphatic heterocycles. The van der Waals surface area contributed by atoms with Crippen LogP contribution in [0.4, 0.5) is 0 Å². The second-order valence-corrected chi connectivity index (χ2v) is 5.17. The highest BCUT2D eigenvalue weighted by molar-refractivity contribution is 7.10.